The minimum absolute atomic E-state index is 0.214. The molecule has 0 saturated carbocycles. The van der Waals surface area contributed by atoms with Crippen LogP contribution in [-0.2, 0) is 0 Å². The Morgan fingerprint density at radius 3 is 2.50 bits per heavy atom. The van der Waals surface area contributed by atoms with Crippen LogP contribution in [0.15, 0.2) is 45.3 Å². The Balaban J connectivity index is 2.28. The van der Waals surface area contributed by atoms with Crippen molar-refractivity contribution < 1.29 is 4.42 Å². The smallest absolute Gasteiger partial charge is 0.169 e. The first kappa shape index (κ1) is 9.49. The Kier molecular flexibility index (Phi) is 2.70. The summed E-state index contributed by atoms with van der Waals surface area (Å²) < 4.78 is 6.16. The van der Waals surface area contributed by atoms with E-state index in [0.29, 0.717) is 0 Å². The highest BCUT2D eigenvalue weighted by Crippen LogP contribution is 2.21. The average Bonchev–Trinajstić information content (AvgIpc) is 2.71. The molecule has 14 heavy (non-hydrogen) atoms. The molecule has 0 amide bonds. The van der Waals surface area contributed by atoms with Crippen molar-refractivity contribution >= 4 is 15.9 Å². The van der Waals surface area contributed by atoms with Crippen LogP contribution in [0.1, 0.15) is 17.4 Å². The second-order valence-electron chi connectivity index (χ2n) is 2.98. The van der Waals surface area contributed by atoms with Crippen LogP contribution in [0.25, 0.3) is 0 Å². The van der Waals surface area contributed by atoms with Crippen molar-refractivity contribution in [1.29, 1.82) is 0 Å². The predicted molar refractivity (Wildman–Crippen MR) is 57.7 cm³/mol. The number of halogens is 1. The number of rotatable bonds is 2. The van der Waals surface area contributed by atoms with Gasteiger partial charge in [0, 0.05) is 4.47 Å². The molecule has 1 aromatic carbocycles. The van der Waals surface area contributed by atoms with Crippen LogP contribution in [0.5, 0.6) is 0 Å². The summed E-state index contributed by atoms with van der Waals surface area (Å²) in [5.41, 5.74) is 7.01. The standard InChI is InChI=1S/C11H9BrNO/c12-9-5-3-8(4-6-9)11(13)10-2-1-7-14-10/h1-6,11H,13H2. The molecule has 0 aliphatic heterocycles. The first-order valence-electron chi connectivity index (χ1n) is 4.24. The fourth-order valence-corrected chi connectivity index (χ4v) is 1.52. The highest BCUT2D eigenvalue weighted by atomic mass is 79.9. The summed E-state index contributed by atoms with van der Waals surface area (Å²) in [6, 6.07) is 11.2. The van der Waals surface area contributed by atoms with Crippen LogP contribution in [0, 0.1) is 6.26 Å². The molecule has 71 valence electrons. The minimum atomic E-state index is -0.214. The van der Waals surface area contributed by atoms with Gasteiger partial charge in [-0.25, -0.2) is 0 Å². The highest BCUT2D eigenvalue weighted by Gasteiger charge is 2.10. The molecule has 1 aromatic heterocycles. The predicted octanol–water partition coefficient (Wildman–Crippen LogP) is 2.89. The summed E-state index contributed by atoms with van der Waals surface area (Å²) in [5.74, 6) is 0.729. The van der Waals surface area contributed by atoms with E-state index >= 15 is 0 Å². The van der Waals surface area contributed by atoms with Gasteiger partial charge in [0.25, 0.3) is 0 Å². The van der Waals surface area contributed by atoms with E-state index in [-0.39, 0.29) is 6.04 Å². The monoisotopic (exact) mass is 250 g/mol. The second kappa shape index (κ2) is 3.98. The van der Waals surface area contributed by atoms with E-state index in [1.165, 1.54) is 0 Å². The third kappa shape index (κ3) is 1.89. The van der Waals surface area contributed by atoms with Gasteiger partial charge in [0.1, 0.15) is 5.76 Å². The Labute approximate surface area is 90.9 Å². The molecule has 0 bridgehead atoms. The number of hydrogen-bond donors (Lipinski definition) is 1. The molecule has 0 aliphatic rings. The fraction of sp³-hybridized carbons (Fsp3) is 0.0909. The molecule has 0 aliphatic carbocycles. The van der Waals surface area contributed by atoms with Crippen LogP contribution < -0.4 is 5.73 Å². The summed E-state index contributed by atoms with van der Waals surface area (Å²) in [5, 5.41) is 0. The van der Waals surface area contributed by atoms with E-state index in [0.717, 1.165) is 15.8 Å². The minimum Gasteiger partial charge on any atom is -0.456 e. The first-order valence-corrected chi connectivity index (χ1v) is 5.03. The molecule has 0 fully saturated rings. The molecule has 1 atom stereocenters. The molecule has 0 saturated heterocycles. The SMILES string of the molecule is NC(c1ccc(Br)cc1)c1cc[c]o1. The third-order valence-electron chi connectivity index (χ3n) is 2.03. The first-order chi connectivity index (χ1) is 6.77. The van der Waals surface area contributed by atoms with Crippen LogP contribution in [-0.4, -0.2) is 0 Å². The molecular weight excluding hydrogens is 242 g/mol. The lowest BCUT2D eigenvalue weighted by atomic mass is 10.1. The van der Waals surface area contributed by atoms with E-state index in [1.54, 1.807) is 6.07 Å². The van der Waals surface area contributed by atoms with Gasteiger partial charge in [-0.15, -0.1) is 0 Å². The summed E-state index contributed by atoms with van der Waals surface area (Å²) in [4.78, 5) is 0. The van der Waals surface area contributed by atoms with Crippen molar-refractivity contribution in [2.24, 2.45) is 5.73 Å². The lowest BCUT2D eigenvalue weighted by Gasteiger charge is -2.08. The lowest BCUT2D eigenvalue weighted by molar-refractivity contribution is 0.483. The normalized spacial score (nSPS) is 12.7. The Bertz CT molecular complexity index is 394. The van der Waals surface area contributed by atoms with E-state index < -0.39 is 0 Å². The van der Waals surface area contributed by atoms with Crippen molar-refractivity contribution in [1.82, 2.24) is 0 Å². The van der Waals surface area contributed by atoms with Gasteiger partial charge in [-0.2, -0.15) is 0 Å². The summed E-state index contributed by atoms with van der Waals surface area (Å²) in [6.45, 7) is 0. The van der Waals surface area contributed by atoms with Gasteiger partial charge in [-0.3, -0.25) is 0 Å². The quantitative estimate of drug-likeness (QED) is 0.891. The van der Waals surface area contributed by atoms with Crippen molar-refractivity contribution in [2.45, 2.75) is 6.04 Å². The molecule has 2 nitrogen and oxygen atoms in total. The van der Waals surface area contributed by atoms with Crippen molar-refractivity contribution in [3.63, 3.8) is 0 Å². The number of hydrogen-bond acceptors (Lipinski definition) is 2. The van der Waals surface area contributed by atoms with E-state index in [2.05, 4.69) is 22.2 Å². The summed E-state index contributed by atoms with van der Waals surface area (Å²) >= 11 is 3.37. The number of nitrogens with two attached hydrogens (primary N) is 1. The van der Waals surface area contributed by atoms with Crippen LogP contribution >= 0.6 is 15.9 Å². The van der Waals surface area contributed by atoms with Gasteiger partial charge in [-0.1, -0.05) is 28.1 Å². The Morgan fingerprint density at radius 1 is 1.21 bits per heavy atom. The molecule has 2 rings (SSSR count). The van der Waals surface area contributed by atoms with Gasteiger partial charge in [0.15, 0.2) is 6.26 Å². The van der Waals surface area contributed by atoms with Crippen molar-refractivity contribution in [3.05, 3.63) is 58.5 Å². The molecule has 0 spiro atoms. The molecule has 1 radical (unpaired) electrons. The highest BCUT2D eigenvalue weighted by molar-refractivity contribution is 9.10. The van der Waals surface area contributed by atoms with Gasteiger partial charge in [-0.05, 0) is 29.8 Å². The average molecular weight is 251 g/mol. The zero-order valence-corrected chi connectivity index (χ0v) is 8.99. The van der Waals surface area contributed by atoms with E-state index in [4.69, 9.17) is 10.2 Å². The zero-order valence-electron chi connectivity index (χ0n) is 7.41. The maximum atomic E-state index is 5.98. The number of furan rings is 1. The molecule has 1 heterocycles. The maximum absolute atomic E-state index is 5.98. The maximum Gasteiger partial charge on any atom is 0.169 e. The molecule has 2 aromatic rings. The molecule has 3 heteroatoms. The van der Waals surface area contributed by atoms with Gasteiger partial charge < -0.3 is 10.2 Å². The topological polar surface area (TPSA) is 39.2 Å². The molecule has 2 N–H and O–H groups in total. The fourth-order valence-electron chi connectivity index (χ4n) is 1.25. The van der Waals surface area contributed by atoms with Crippen molar-refractivity contribution in [3.8, 4) is 0 Å². The second-order valence-corrected chi connectivity index (χ2v) is 3.90. The van der Waals surface area contributed by atoms with Gasteiger partial charge in [0.2, 0.25) is 0 Å². The lowest BCUT2D eigenvalue weighted by Crippen LogP contribution is -2.10. The van der Waals surface area contributed by atoms with E-state index in [1.807, 2.05) is 30.3 Å². The van der Waals surface area contributed by atoms with Gasteiger partial charge in [0.05, 0.1) is 6.04 Å². The molecular formula is C11H9BrNO. The van der Waals surface area contributed by atoms with Gasteiger partial charge >= 0.3 is 0 Å². The van der Waals surface area contributed by atoms with Crippen LogP contribution in [0.4, 0.5) is 0 Å². The molecule has 1 unspecified atom stereocenters. The summed E-state index contributed by atoms with van der Waals surface area (Å²) in [6.07, 6.45) is 2.63. The van der Waals surface area contributed by atoms with E-state index in [9.17, 15) is 0 Å². The third-order valence-corrected chi connectivity index (χ3v) is 2.56. The van der Waals surface area contributed by atoms with Crippen molar-refractivity contribution in [2.75, 3.05) is 0 Å². The Hall–Kier alpha value is -1.06. The summed E-state index contributed by atoms with van der Waals surface area (Å²) in [7, 11) is 0. The van der Waals surface area contributed by atoms with Crippen LogP contribution in [0.2, 0.25) is 0 Å². The van der Waals surface area contributed by atoms with Crippen LogP contribution in [0.3, 0.4) is 0 Å². The Morgan fingerprint density at radius 2 is 1.93 bits per heavy atom. The largest absolute Gasteiger partial charge is 0.456 e. The zero-order chi connectivity index (χ0) is 9.97. The number of benzene rings is 1.